The number of nitrogens with zero attached hydrogens (tertiary/aromatic N) is 1. The highest BCUT2D eigenvalue weighted by Gasteiger charge is 2.10. The molecule has 0 aliphatic carbocycles. The molecule has 100 valence electrons. The summed E-state index contributed by atoms with van der Waals surface area (Å²) in [6.45, 7) is 0. The van der Waals surface area contributed by atoms with Crippen LogP contribution in [0.3, 0.4) is 0 Å². The zero-order valence-electron chi connectivity index (χ0n) is 10.4. The van der Waals surface area contributed by atoms with E-state index in [1.807, 2.05) is 0 Å². The van der Waals surface area contributed by atoms with Crippen LogP contribution in [-0.2, 0) is 0 Å². The number of hydrogen-bond acceptors (Lipinski definition) is 4. The van der Waals surface area contributed by atoms with Crippen LogP contribution in [0.25, 0.3) is 6.08 Å². The molecule has 0 radical (unpaired) electrons. The summed E-state index contributed by atoms with van der Waals surface area (Å²) in [5.41, 5.74) is 0.883. The van der Waals surface area contributed by atoms with Crippen molar-refractivity contribution in [2.24, 2.45) is 0 Å². The third kappa shape index (κ3) is 3.52. The van der Waals surface area contributed by atoms with E-state index in [4.69, 9.17) is 4.74 Å². The minimum Gasteiger partial charge on any atom is -0.422 e. The molecule has 0 atom stereocenters. The number of ether oxygens (including phenoxy) is 1. The van der Waals surface area contributed by atoms with E-state index in [9.17, 15) is 14.9 Å². The van der Waals surface area contributed by atoms with Crippen molar-refractivity contribution in [2.45, 2.75) is 0 Å². The Morgan fingerprint density at radius 1 is 1.05 bits per heavy atom. The van der Waals surface area contributed by atoms with E-state index in [1.165, 1.54) is 6.08 Å². The third-order valence-electron chi connectivity index (χ3n) is 2.51. The van der Waals surface area contributed by atoms with E-state index in [0.29, 0.717) is 11.1 Å². The topological polar surface area (TPSA) is 69.4 Å². The lowest BCUT2D eigenvalue weighted by Gasteiger charge is -2.06. The maximum Gasteiger partial charge on any atom is 0.343 e. The molecule has 0 amide bonds. The molecule has 0 saturated carbocycles. The maximum absolute atomic E-state index is 11.9. The Hall–Kier alpha value is -2.95. The summed E-state index contributed by atoms with van der Waals surface area (Å²) in [6, 6.07) is 15.1. The molecule has 2 aromatic rings. The van der Waals surface area contributed by atoms with Crippen molar-refractivity contribution >= 4 is 12.0 Å². The summed E-state index contributed by atoms with van der Waals surface area (Å²) in [5.74, 6) is -0.230. The van der Waals surface area contributed by atoms with Crippen molar-refractivity contribution in [3.05, 3.63) is 82.0 Å². The highest BCUT2D eigenvalue weighted by molar-refractivity contribution is 5.91. The van der Waals surface area contributed by atoms with Gasteiger partial charge in [0.05, 0.1) is 10.5 Å². The van der Waals surface area contributed by atoms with Crippen LogP contribution < -0.4 is 4.74 Å². The van der Waals surface area contributed by atoms with E-state index in [2.05, 4.69) is 0 Å². The van der Waals surface area contributed by atoms with Gasteiger partial charge in [0.1, 0.15) is 5.75 Å². The standard InChI is InChI=1S/C15H11NO4/c17-15(13-7-2-1-3-8-13)20-14-9-5-4-6-12(14)10-11-16(18)19/h1-11H/b11-10+. The number of carbonyl (C=O) groups is 1. The number of para-hydroxylation sites is 1. The number of nitro groups is 1. The van der Waals surface area contributed by atoms with Gasteiger partial charge >= 0.3 is 5.97 Å². The molecule has 0 aliphatic rings. The number of benzene rings is 2. The van der Waals surface area contributed by atoms with Crippen molar-refractivity contribution in [1.29, 1.82) is 0 Å². The first-order chi connectivity index (χ1) is 9.66. The van der Waals surface area contributed by atoms with E-state index in [-0.39, 0.29) is 5.75 Å². The van der Waals surface area contributed by atoms with Crippen LogP contribution in [0.5, 0.6) is 5.75 Å². The Labute approximate surface area is 115 Å². The van der Waals surface area contributed by atoms with Gasteiger partial charge in [0.25, 0.3) is 0 Å². The summed E-state index contributed by atoms with van der Waals surface area (Å²) in [4.78, 5) is 21.7. The SMILES string of the molecule is O=C(Oc1ccccc1/C=C/[N+](=O)[O-])c1ccccc1. The fourth-order valence-corrected chi connectivity index (χ4v) is 1.59. The Kier molecular flexibility index (Phi) is 4.24. The van der Waals surface area contributed by atoms with E-state index in [0.717, 1.165) is 6.20 Å². The molecule has 0 bridgehead atoms. The van der Waals surface area contributed by atoms with Gasteiger partial charge < -0.3 is 4.74 Å². The smallest absolute Gasteiger partial charge is 0.343 e. The van der Waals surface area contributed by atoms with E-state index in [1.54, 1.807) is 54.6 Å². The summed E-state index contributed by atoms with van der Waals surface area (Å²) in [5, 5.41) is 10.3. The second-order valence-electron chi connectivity index (χ2n) is 3.89. The predicted octanol–water partition coefficient (Wildman–Crippen LogP) is 3.15. The normalized spacial score (nSPS) is 10.4. The zero-order chi connectivity index (χ0) is 14.4. The summed E-state index contributed by atoms with van der Waals surface area (Å²) in [6.07, 6.45) is 2.09. The minimum absolute atomic E-state index is 0.277. The molecule has 5 nitrogen and oxygen atoms in total. The van der Waals surface area contributed by atoms with Crippen LogP contribution in [0.4, 0.5) is 0 Å². The Bertz CT molecular complexity index is 650. The molecule has 0 fully saturated rings. The Balaban J connectivity index is 2.21. The highest BCUT2D eigenvalue weighted by atomic mass is 16.6. The molecule has 0 heterocycles. The first-order valence-electron chi connectivity index (χ1n) is 5.85. The van der Waals surface area contributed by atoms with Gasteiger partial charge in [-0.05, 0) is 18.2 Å². The lowest BCUT2D eigenvalue weighted by atomic mass is 10.2. The fraction of sp³-hybridized carbons (Fsp3) is 0. The third-order valence-corrected chi connectivity index (χ3v) is 2.51. The molecule has 0 aliphatic heterocycles. The van der Waals surface area contributed by atoms with Crippen molar-refractivity contribution in [3.8, 4) is 5.75 Å². The van der Waals surface area contributed by atoms with E-state index >= 15 is 0 Å². The average molecular weight is 269 g/mol. The summed E-state index contributed by atoms with van der Waals surface area (Å²) in [7, 11) is 0. The quantitative estimate of drug-likeness (QED) is 0.370. The number of rotatable bonds is 4. The molecule has 2 rings (SSSR count). The lowest BCUT2D eigenvalue weighted by Crippen LogP contribution is -2.08. The van der Waals surface area contributed by atoms with Gasteiger partial charge in [0, 0.05) is 11.6 Å². The van der Waals surface area contributed by atoms with Crippen LogP contribution in [0.1, 0.15) is 15.9 Å². The highest BCUT2D eigenvalue weighted by Crippen LogP contribution is 2.20. The van der Waals surface area contributed by atoms with Crippen LogP contribution in [0.15, 0.2) is 60.8 Å². The second-order valence-corrected chi connectivity index (χ2v) is 3.89. The van der Waals surface area contributed by atoms with Crippen LogP contribution in [-0.4, -0.2) is 10.9 Å². The van der Waals surface area contributed by atoms with Gasteiger partial charge in [-0.1, -0.05) is 36.4 Å². The fourth-order valence-electron chi connectivity index (χ4n) is 1.59. The predicted molar refractivity (Wildman–Crippen MR) is 73.9 cm³/mol. The average Bonchev–Trinajstić information content (AvgIpc) is 2.47. The largest absolute Gasteiger partial charge is 0.422 e. The molecule has 2 aromatic carbocycles. The van der Waals surface area contributed by atoms with Gasteiger partial charge in [-0.3, -0.25) is 10.1 Å². The number of esters is 1. The zero-order valence-corrected chi connectivity index (χ0v) is 10.4. The molecule has 0 unspecified atom stereocenters. The second kappa shape index (κ2) is 6.29. The molecule has 0 spiro atoms. The monoisotopic (exact) mass is 269 g/mol. The van der Waals surface area contributed by atoms with Crippen molar-refractivity contribution in [1.82, 2.24) is 0 Å². The maximum atomic E-state index is 11.9. The molecule has 20 heavy (non-hydrogen) atoms. The molecule has 0 aromatic heterocycles. The number of carbonyl (C=O) groups excluding carboxylic acids is 1. The van der Waals surface area contributed by atoms with Crippen molar-refractivity contribution < 1.29 is 14.5 Å². The Morgan fingerprint density at radius 3 is 2.40 bits per heavy atom. The first kappa shape index (κ1) is 13.5. The van der Waals surface area contributed by atoms with Gasteiger partial charge in [0.2, 0.25) is 6.20 Å². The Morgan fingerprint density at radius 2 is 1.70 bits per heavy atom. The number of hydrogen-bond donors (Lipinski definition) is 0. The molecular weight excluding hydrogens is 258 g/mol. The van der Waals surface area contributed by atoms with Crippen LogP contribution in [0.2, 0.25) is 0 Å². The van der Waals surface area contributed by atoms with Crippen molar-refractivity contribution in [2.75, 3.05) is 0 Å². The molecule has 0 saturated heterocycles. The van der Waals surface area contributed by atoms with Crippen LogP contribution >= 0.6 is 0 Å². The van der Waals surface area contributed by atoms with Gasteiger partial charge in [-0.25, -0.2) is 4.79 Å². The molecule has 5 heteroatoms. The van der Waals surface area contributed by atoms with Gasteiger partial charge in [0.15, 0.2) is 0 Å². The van der Waals surface area contributed by atoms with Crippen LogP contribution in [0, 0.1) is 10.1 Å². The molecule has 0 N–H and O–H groups in total. The summed E-state index contributed by atoms with van der Waals surface area (Å²) < 4.78 is 5.25. The van der Waals surface area contributed by atoms with Gasteiger partial charge in [-0.2, -0.15) is 0 Å². The van der Waals surface area contributed by atoms with Gasteiger partial charge in [-0.15, -0.1) is 0 Å². The minimum atomic E-state index is -0.574. The van der Waals surface area contributed by atoms with Crippen molar-refractivity contribution in [3.63, 3.8) is 0 Å². The van der Waals surface area contributed by atoms with E-state index < -0.39 is 10.9 Å². The first-order valence-corrected chi connectivity index (χ1v) is 5.85. The molecular formula is C15H11NO4. The summed E-state index contributed by atoms with van der Waals surface area (Å²) >= 11 is 0. The lowest BCUT2D eigenvalue weighted by molar-refractivity contribution is -0.400.